The van der Waals surface area contributed by atoms with Crippen LogP contribution < -0.4 is 0 Å². The Labute approximate surface area is 98.4 Å². The number of ketones is 1. The summed E-state index contributed by atoms with van der Waals surface area (Å²) in [4.78, 5) is 15.6. The molecule has 0 bridgehead atoms. The minimum Gasteiger partial charge on any atom is -0.440 e. The summed E-state index contributed by atoms with van der Waals surface area (Å²) in [6.07, 6.45) is 0. The fourth-order valence-corrected chi connectivity index (χ4v) is 1.77. The zero-order chi connectivity index (χ0) is 11.9. The average Bonchev–Trinajstić information content (AvgIpc) is 2.58. The van der Waals surface area contributed by atoms with Crippen LogP contribution in [-0.4, -0.2) is 10.8 Å². The van der Waals surface area contributed by atoms with Crippen molar-refractivity contribution >= 4 is 28.5 Å². The van der Waals surface area contributed by atoms with Crippen LogP contribution in [0.5, 0.6) is 0 Å². The zero-order valence-electron chi connectivity index (χ0n) is 9.37. The number of hydrogen-bond acceptors (Lipinski definition) is 3. The monoisotopic (exact) mass is 237 g/mol. The van der Waals surface area contributed by atoms with E-state index >= 15 is 0 Å². The third kappa shape index (κ3) is 1.83. The van der Waals surface area contributed by atoms with E-state index in [9.17, 15) is 4.79 Å². The molecule has 1 aromatic carbocycles. The summed E-state index contributed by atoms with van der Waals surface area (Å²) in [6.45, 7) is 5.48. The van der Waals surface area contributed by atoms with E-state index in [2.05, 4.69) is 4.98 Å². The fourth-order valence-electron chi connectivity index (χ4n) is 1.48. The van der Waals surface area contributed by atoms with E-state index in [0.29, 0.717) is 27.6 Å². The van der Waals surface area contributed by atoms with E-state index < -0.39 is 0 Å². The number of fused-ring (bicyclic) bond motifs is 1. The second-order valence-corrected chi connectivity index (χ2v) is 4.47. The van der Waals surface area contributed by atoms with Crippen LogP contribution >= 0.6 is 11.6 Å². The van der Waals surface area contributed by atoms with Gasteiger partial charge in [-0.3, -0.25) is 4.79 Å². The quantitative estimate of drug-likeness (QED) is 0.746. The van der Waals surface area contributed by atoms with Gasteiger partial charge in [-0.15, -0.1) is 0 Å². The van der Waals surface area contributed by atoms with Crippen molar-refractivity contribution in [2.24, 2.45) is 0 Å². The van der Waals surface area contributed by atoms with Crippen LogP contribution in [0.1, 0.15) is 42.9 Å². The van der Waals surface area contributed by atoms with Gasteiger partial charge in [-0.05, 0) is 19.1 Å². The predicted molar refractivity (Wildman–Crippen MR) is 63.1 cm³/mol. The summed E-state index contributed by atoms with van der Waals surface area (Å²) in [6, 6.07) is 3.32. The summed E-state index contributed by atoms with van der Waals surface area (Å²) in [7, 11) is 0. The molecule has 0 saturated carbocycles. The lowest BCUT2D eigenvalue weighted by Gasteiger charge is -1.97. The van der Waals surface area contributed by atoms with Gasteiger partial charge in [-0.25, -0.2) is 4.98 Å². The van der Waals surface area contributed by atoms with Crippen molar-refractivity contribution in [3.8, 4) is 0 Å². The predicted octanol–water partition coefficient (Wildman–Crippen LogP) is 3.81. The number of rotatable bonds is 2. The van der Waals surface area contributed by atoms with Crippen molar-refractivity contribution in [1.82, 2.24) is 4.98 Å². The first-order chi connectivity index (χ1) is 7.49. The van der Waals surface area contributed by atoms with Gasteiger partial charge < -0.3 is 4.42 Å². The molecule has 0 atom stereocenters. The molecule has 0 N–H and O–H groups in total. The molecule has 2 aromatic rings. The molecule has 0 unspecified atom stereocenters. The summed E-state index contributed by atoms with van der Waals surface area (Å²) in [5.74, 6) is 0.799. The number of benzene rings is 1. The minimum absolute atomic E-state index is 0.0746. The van der Waals surface area contributed by atoms with Crippen LogP contribution in [0.15, 0.2) is 16.5 Å². The minimum atomic E-state index is -0.0746. The molecule has 16 heavy (non-hydrogen) atoms. The molecule has 0 amide bonds. The van der Waals surface area contributed by atoms with Crippen LogP contribution in [0.2, 0.25) is 5.02 Å². The summed E-state index contributed by atoms with van der Waals surface area (Å²) in [5, 5.41) is 0.420. The molecular formula is C12H12ClNO2. The number of carbonyl (C=O) groups is 1. The van der Waals surface area contributed by atoms with Crippen molar-refractivity contribution in [3.05, 3.63) is 28.6 Å². The Morgan fingerprint density at radius 1 is 1.44 bits per heavy atom. The molecular weight excluding hydrogens is 226 g/mol. The Kier molecular flexibility index (Phi) is 2.72. The van der Waals surface area contributed by atoms with E-state index in [1.165, 1.54) is 6.92 Å². The van der Waals surface area contributed by atoms with Gasteiger partial charge in [0, 0.05) is 11.5 Å². The smallest absolute Gasteiger partial charge is 0.198 e. The second kappa shape index (κ2) is 3.91. The van der Waals surface area contributed by atoms with Gasteiger partial charge in [0.2, 0.25) is 0 Å². The molecule has 0 aliphatic rings. The van der Waals surface area contributed by atoms with Gasteiger partial charge in [0.15, 0.2) is 17.3 Å². The van der Waals surface area contributed by atoms with Crippen LogP contribution in [0, 0.1) is 0 Å². The molecule has 3 nitrogen and oxygen atoms in total. The Morgan fingerprint density at radius 2 is 2.12 bits per heavy atom. The number of hydrogen-bond donors (Lipinski definition) is 0. The highest BCUT2D eigenvalue weighted by Crippen LogP contribution is 2.27. The first-order valence-electron chi connectivity index (χ1n) is 5.10. The Morgan fingerprint density at radius 3 is 2.69 bits per heavy atom. The first kappa shape index (κ1) is 11.1. The number of nitrogens with zero attached hydrogens (tertiary/aromatic N) is 1. The van der Waals surface area contributed by atoms with Gasteiger partial charge in [0.25, 0.3) is 0 Å². The van der Waals surface area contributed by atoms with Crippen LogP contribution in [-0.2, 0) is 0 Å². The normalized spacial score (nSPS) is 11.3. The van der Waals surface area contributed by atoms with Crippen molar-refractivity contribution < 1.29 is 9.21 Å². The van der Waals surface area contributed by atoms with Crippen LogP contribution in [0.25, 0.3) is 11.1 Å². The Hall–Kier alpha value is -1.35. The van der Waals surface area contributed by atoms with Crippen LogP contribution in [0.4, 0.5) is 0 Å². The molecule has 2 rings (SSSR count). The molecule has 1 aromatic heterocycles. The number of halogens is 1. The van der Waals surface area contributed by atoms with E-state index in [4.69, 9.17) is 16.0 Å². The molecule has 0 spiro atoms. The fraction of sp³-hybridized carbons (Fsp3) is 0.333. The van der Waals surface area contributed by atoms with Gasteiger partial charge >= 0.3 is 0 Å². The summed E-state index contributed by atoms with van der Waals surface area (Å²) in [5.41, 5.74) is 1.78. The molecule has 0 fully saturated rings. The lowest BCUT2D eigenvalue weighted by Crippen LogP contribution is -1.92. The Balaban J connectivity index is 2.65. The lowest BCUT2D eigenvalue weighted by atomic mass is 10.1. The van der Waals surface area contributed by atoms with E-state index in [1.54, 1.807) is 12.1 Å². The summed E-state index contributed by atoms with van der Waals surface area (Å²) < 4.78 is 5.55. The number of oxazole rings is 1. The number of carbonyl (C=O) groups excluding carboxylic acids is 1. The van der Waals surface area contributed by atoms with E-state index in [-0.39, 0.29) is 11.7 Å². The average molecular weight is 238 g/mol. The maximum Gasteiger partial charge on any atom is 0.198 e. The Bertz CT molecular complexity index is 557. The highest BCUT2D eigenvalue weighted by Gasteiger charge is 2.13. The van der Waals surface area contributed by atoms with Crippen molar-refractivity contribution in [3.63, 3.8) is 0 Å². The highest BCUT2D eigenvalue weighted by molar-refractivity contribution is 6.34. The molecule has 0 radical (unpaired) electrons. The third-order valence-corrected chi connectivity index (χ3v) is 2.68. The SMILES string of the molecule is CC(=O)c1cc2oc(C(C)C)nc2cc1Cl. The van der Waals surface area contributed by atoms with Gasteiger partial charge in [-0.1, -0.05) is 25.4 Å². The maximum absolute atomic E-state index is 11.3. The molecule has 0 aliphatic carbocycles. The van der Waals surface area contributed by atoms with Crippen LogP contribution in [0.3, 0.4) is 0 Å². The maximum atomic E-state index is 11.3. The van der Waals surface area contributed by atoms with Gasteiger partial charge in [0.05, 0.1) is 5.02 Å². The van der Waals surface area contributed by atoms with E-state index in [1.807, 2.05) is 13.8 Å². The van der Waals surface area contributed by atoms with Gasteiger partial charge in [0.1, 0.15) is 5.52 Å². The highest BCUT2D eigenvalue weighted by atomic mass is 35.5. The molecule has 1 heterocycles. The topological polar surface area (TPSA) is 43.1 Å². The molecule has 4 heteroatoms. The molecule has 84 valence electrons. The molecule has 0 aliphatic heterocycles. The number of aromatic nitrogens is 1. The second-order valence-electron chi connectivity index (χ2n) is 4.06. The third-order valence-electron chi connectivity index (χ3n) is 2.37. The number of Topliss-reactive ketones (excluding diaryl/α,β-unsaturated/α-hetero) is 1. The largest absolute Gasteiger partial charge is 0.440 e. The van der Waals surface area contributed by atoms with E-state index in [0.717, 1.165) is 0 Å². The van der Waals surface area contributed by atoms with Gasteiger partial charge in [-0.2, -0.15) is 0 Å². The first-order valence-corrected chi connectivity index (χ1v) is 5.47. The summed E-state index contributed by atoms with van der Waals surface area (Å²) >= 11 is 5.98. The van der Waals surface area contributed by atoms with Crippen molar-refractivity contribution in [1.29, 1.82) is 0 Å². The standard InChI is InChI=1S/C12H12ClNO2/c1-6(2)12-14-10-5-9(13)8(7(3)15)4-11(10)16-12/h4-6H,1-3H3. The zero-order valence-corrected chi connectivity index (χ0v) is 10.1. The van der Waals surface area contributed by atoms with Crippen molar-refractivity contribution in [2.75, 3.05) is 0 Å². The molecule has 0 saturated heterocycles. The lowest BCUT2D eigenvalue weighted by molar-refractivity contribution is 0.101. The van der Waals surface area contributed by atoms with Crippen molar-refractivity contribution in [2.45, 2.75) is 26.7 Å².